The monoisotopic (exact) mass is 192 g/mol. The van der Waals surface area contributed by atoms with Crippen LogP contribution in [0.25, 0.3) is 0 Å². The first-order valence-corrected chi connectivity index (χ1v) is 4.57. The number of primary amides is 1. The number of urea groups is 1. The summed E-state index contributed by atoms with van der Waals surface area (Å²) in [4.78, 5) is 12.3. The van der Waals surface area contributed by atoms with Gasteiger partial charge in [0.15, 0.2) is 0 Å². The smallest absolute Gasteiger partial charge is 0.314 e. The molecule has 0 heterocycles. The van der Waals surface area contributed by atoms with Crippen molar-refractivity contribution >= 4 is 6.03 Å². The number of aryl methyl sites for hydroxylation is 2. The van der Waals surface area contributed by atoms with Gasteiger partial charge in [0.2, 0.25) is 0 Å². The standard InChI is InChI=1S/C11H16N2O/c1-8-4-5-10(6-9(8)2)7-13(3)11(12)14/h4-6H,7H2,1-3H3,(H2,12,14). The lowest BCUT2D eigenvalue weighted by Gasteiger charge is -2.14. The Kier molecular flexibility index (Phi) is 3.12. The lowest BCUT2D eigenvalue weighted by molar-refractivity contribution is 0.216. The molecule has 0 aliphatic rings. The molecule has 0 spiro atoms. The molecule has 0 radical (unpaired) electrons. The van der Waals surface area contributed by atoms with Crippen molar-refractivity contribution < 1.29 is 4.79 Å². The van der Waals surface area contributed by atoms with E-state index in [0.29, 0.717) is 6.54 Å². The highest BCUT2D eigenvalue weighted by Crippen LogP contribution is 2.11. The third-order valence-corrected chi connectivity index (χ3v) is 2.37. The van der Waals surface area contributed by atoms with Gasteiger partial charge in [-0.1, -0.05) is 18.2 Å². The number of carbonyl (C=O) groups is 1. The van der Waals surface area contributed by atoms with Gasteiger partial charge in [0.25, 0.3) is 0 Å². The summed E-state index contributed by atoms with van der Waals surface area (Å²) < 4.78 is 0. The zero-order chi connectivity index (χ0) is 10.7. The SMILES string of the molecule is Cc1ccc(CN(C)C(N)=O)cc1C. The number of nitrogens with two attached hydrogens (primary N) is 1. The summed E-state index contributed by atoms with van der Waals surface area (Å²) in [6, 6.07) is 5.75. The summed E-state index contributed by atoms with van der Waals surface area (Å²) in [6.45, 7) is 4.69. The van der Waals surface area contributed by atoms with E-state index in [1.165, 1.54) is 16.0 Å². The maximum absolute atomic E-state index is 10.8. The molecule has 14 heavy (non-hydrogen) atoms. The van der Waals surface area contributed by atoms with Gasteiger partial charge >= 0.3 is 6.03 Å². The second-order valence-corrected chi connectivity index (χ2v) is 3.61. The summed E-state index contributed by atoms with van der Waals surface area (Å²) in [6.07, 6.45) is 0. The molecule has 0 saturated carbocycles. The van der Waals surface area contributed by atoms with Crippen molar-refractivity contribution in [1.82, 2.24) is 4.90 Å². The Morgan fingerprint density at radius 2 is 2.00 bits per heavy atom. The van der Waals surface area contributed by atoms with Crippen molar-refractivity contribution in [2.24, 2.45) is 5.73 Å². The maximum Gasteiger partial charge on any atom is 0.314 e. The maximum atomic E-state index is 10.8. The minimum absolute atomic E-state index is 0.400. The van der Waals surface area contributed by atoms with Crippen LogP contribution >= 0.6 is 0 Å². The Morgan fingerprint density at radius 1 is 1.36 bits per heavy atom. The van der Waals surface area contributed by atoms with E-state index in [2.05, 4.69) is 26.0 Å². The fourth-order valence-corrected chi connectivity index (χ4v) is 1.25. The van der Waals surface area contributed by atoms with Crippen LogP contribution in [0.15, 0.2) is 18.2 Å². The molecule has 0 aliphatic heterocycles. The number of hydrogen-bond acceptors (Lipinski definition) is 1. The molecule has 0 bridgehead atoms. The molecule has 0 aliphatic carbocycles. The Bertz CT molecular complexity index is 347. The zero-order valence-corrected chi connectivity index (χ0v) is 8.87. The van der Waals surface area contributed by atoms with E-state index >= 15 is 0 Å². The Hall–Kier alpha value is -1.51. The van der Waals surface area contributed by atoms with Crippen LogP contribution in [0.3, 0.4) is 0 Å². The van der Waals surface area contributed by atoms with Crippen molar-refractivity contribution in [2.75, 3.05) is 7.05 Å². The quantitative estimate of drug-likeness (QED) is 0.763. The lowest BCUT2D eigenvalue weighted by Crippen LogP contribution is -2.31. The van der Waals surface area contributed by atoms with E-state index in [4.69, 9.17) is 5.73 Å². The predicted molar refractivity (Wildman–Crippen MR) is 57.0 cm³/mol. The number of hydrogen-bond donors (Lipinski definition) is 1. The van der Waals surface area contributed by atoms with Gasteiger partial charge in [-0.15, -0.1) is 0 Å². The number of benzene rings is 1. The number of rotatable bonds is 2. The van der Waals surface area contributed by atoms with Gasteiger partial charge in [-0.05, 0) is 30.5 Å². The number of nitrogens with zero attached hydrogens (tertiary/aromatic N) is 1. The molecule has 2 amide bonds. The molecule has 0 saturated heterocycles. The van der Waals surface area contributed by atoms with E-state index in [1.807, 2.05) is 6.07 Å². The van der Waals surface area contributed by atoms with Crippen molar-refractivity contribution in [2.45, 2.75) is 20.4 Å². The lowest BCUT2D eigenvalue weighted by atomic mass is 10.1. The van der Waals surface area contributed by atoms with Crippen LogP contribution in [0.5, 0.6) is 0 Å². The first kappa shape index (κ1) is 10.6. The van der Waals surface area contributed by atoms with E-state index in [-0.39, 0.29) is 0 Å². The normalized spacial score (nSPS) is 9.93. The predicted octanol–water partition coefficient (Wildman–Crippen LogP) is 1.81. The average Bonchev–Trinajstić information content (AvgIpc) is 2.11. The molecular weight excluding hydrogens is 176 g/mol. The van der Waals surface area contributed by atoms with Crippen LogP contribution < -0.4 is 5.73 Å². The van der Waals surface area contributed by atoms with Crippen LogP contribution in [-0.2, 0) is 6.54 Å². The van der Waals surface area contributed by atoms with Gasteiger partial charge < -0.3 is 10.6 Å². The molecule has 76 valence electrons. The molecule has 3 nitrogen and oxygen atoms in total. The molecule has 1 aromatic rings. The van der Waals surface area contributed by atoms with E-state index < -0.39 is 6.03 Å². The summed E-state index contributed by atoms with van der Waals surface area (Å²) >= 11 is 0. The van der Waals surface area contributed by atoms with E-state index in [9.17, 15) is 4.79 Å². The Labute approximate surface area is 84.5 Å². The fraction of sp³-hybridized carbons (Fsp3) is 0.364. The van der Waals surface area contributed by atoms with Gasteiger partial charge in [-0.2, -0.15) is 0 Å². The third-order valence-electron chi connectivity index (χ3n) is 2.37. The number of amides is 2. The molecule has 1 aromatic carbocycles. The van der Waals surface area contributed by atoms with Crippen LogP contribution in [0.4, 0.5) is 4.79 Å². The highest BCUT2D eigenvalue weighted by Gasteiger charge is 2.04. The molecule has 3 heteroatoms. The highest BCUT2D eigenvalue weighted by atomic mass is 16.2. The first-order valence-electron chi connectivity index (χ1n) is 4.57. The fourth-order valence-electron chi connectivity index (χ4n) is 1.25. The molecule has 0 unspecified atom stereocenters. The van der Waals surface area contributed by atoms with Crippen molar-refractivity contribution in [3.63, 3.8) is 0 Å². The highest BCUT2D eigenvalue weighted by molar-refractivity contribution is 5.71. The van der Waals surface area contributed by atoms with Crippen LogP contribution in [-0.4, -0.2) is 18.0 Å². The molecule has 0 fully saturated rings. The zero-order valence-electron chi connectivity index (χ0n) is 8.87. The van der Waals surface area contributed by atoms with Crippen molar-refractivity contribution in [3.05, 3.63) is 34.9 Å². The van der Waals surface area contributed by atoms with Crippen LogP contribution in [0.2, 0.25) is 0 Å². The Morgan fingerprint density at radius 3 is 2.50 bits per heavy atom. The molecule has 0 aromatic heterocycles. The average molecular weight is 192 g/mol. The second-order valence-electron chi connectivity index (χ2n) is 3.61. The number of carbonyl (C=O) groups excluding carboxylic acids is 1. The minimum Gasteiger partial charge on any atom is -0.351 e. The summed E-state index contributed by atoms with van der Waals surface area (Å²) in [5.41, 5.74) is 8.74. The third kappa shape index (κ3) is 2.49. The molecule has 2 N–H and O–H groups in total. The second kappa shape index (κ2) is 4.13. The molecule has 1 rings (SSSR count). The van der Waals surface area contributed by atoms with Crippen molar-refractivity contribution in [3.8, 4) is 0 Å². The largest absolute Gasteiger partial charge is 0.351 e. The van der Waals surface area contributed by atoms with Gasteiger partial charge in [0, 0.05) is 13.6 Å². The minimum atomic E-state index is -0.400. The van der Waals surface area contributed by atoms with Crippen LogP contribution in [0, 0.1) is 13.8 Å². The summed E-state index contributed by atoms with van der Waals surface area (Å²) in [5, 5.41) is 0. The molecule has 0 atom stereocenters. The summed E-state index contributed by atoms with van der Waals surface area (Å²) in [7, 11) is 1.69. The van der Waals surface area contributed by atoms with E-state index in [0.717, 1.165) is 5.56 Å². The van der Waals surface area contributed by atoms with Gasteiger partial charge in [0.1, 0.15) is 0 Å². The van der Waals surface area contributed by atoms with Crippen LogP contribution in [0.1, 0.15) is 16.7 Å². The van der Waals surface area contributed by atoms with Crippen molar-refractivity contribution in [1.29, 1.82) is 0 Å². The first-order chi connectivity index (χ1) is 6.50. The Balaban J connectivity index is 2.78. The summed E-state index contributed by atoms with van der Waals surface area (Å²) in [5.74, 6) is 0. The van der Waals surface area contributed by atoms with Gasteiger partial charge in [0.05, 0.1) is 0 Å². The topological polar surface area (TPSA) is 46.3 Å². The van der Waals surface area contributed by atoms with E-state index in [1.54, 1.807) is 7.05 Å². The van der Waals surface area contributed by atoms with Gasteiger partial charge in [-0.3, -0.25) is 0 Å². The molecular formula is C11H16N2O. The van der Waals surface area contributed by atoms with Gasteiger partial charge in [-0.25, -0.2) is 4.79 Å².